The quantitative estimate of drug-likeness (QED) is 0.477. The van der Waals surface area contributed by atoms with Crippen LogP contribution in [-0.4, -0.2) is 36.5 Å². The maximum atomic E-state index is 12.6. The van der Waals surface area contributed by atoms with Crippen molar-refractivity contribution >= 4 is 24.0 Å². The molecule has 0 radical (unpaired) electrons. The van der Waals surface area contributed by atoms with Crippen molar-refractivity contribution in [3.63, 3.8) is 0 Å². The van der Waals surface area contributed by atoms with E-state index in [0.717, 1.165) is 4.90 Å². The summed E-state index contributed by atoms with van der Waals surface area (Å²) in [5.74, 6) is -0.230. The lowest BCUT2D eigenvalue weighted by Crippen LogP contribution is -2.30. The molecule has 3 rings (SSSR count). The molecule has 2 heterocycles. The van der Waals surface area contributed by atoms with Crippen LogP contribution in [0.1, 0.15) is 28.8 Å². The Morgan fingerprint density at radius 1 is 1.22 bits per heavy atom. The zero-order chi connectivity index (χ0) is 19.4. The van der Waals surface area contributed by atoms with Crippen molar-refractivity contribution in [2.75, 3.05) is 13.7 Å². The number of para-hydroxylation sites is 1. The van der Waals surface area contributed by atoms with Gasteiger partial charge in [0.25, 0.3) is 5.91 Å². The van der Waals surface area contributed by atoms with Crippen LogP contribution < -0.4 is 10.1 Å². The first-order valence-corrected chi connectivity index (χ1v) is 8.27. The average Bonchev–Trinajstić information content (AvgIpc) is 3.23. The Labute approximate surface area is 155 Å². The number of nitrogens with zero attached hydrogens (tertiary/aromatic N) is 1. The van der Waals surface area contributed by atoms with Gasteiger partial charge in [-0.3, -0.25) is 9.69 Å². The molecule has 1 fully saturated rings. The minimum absolute atomic E-state index is 0.000890. The van der Waals surface area contributed by atoms with E-state index in [-0.39, 0.29) is 23.8 Å². The van der Waals surface area contributed by atoms with Crippen molar-refractivity contribution in [1.82, 2.24) is 10.2 Å². The van der Waals surface area contributed by atoms with Crippen molar-refractivity contribution in [2.45, 2.75) is 13.5 Å². The first-order valence-electron chi connectivity index (χ1n) is 8.27. The highest BCUT2D eigenvalue weighted by molar-refractivity contribution is 6.14. The van der Waals surface area contributed by atoms with Crippen molar-refractivity contribution in [3.8, 4) is 5.75 Å². The van der Waals surface area contributed by atoms with Crippen LogP contribution in [0.25, 0.3) is 6.08 Å². The number of carbonyl (C=O) groups is 3. The highest BCUT2D eigenvalue weighted by atomic mass is 16.5. The Kier molecular flexibility index (Phi) is 5.25. The minimum atomic E-state index is -0.633. The van der Waals surface area contributed by atoms with Gasteiger partial charge in [0.05, 0.1) is 20.3 Å². The van der Waals surface area contributed by atoms with Gasteiger partial charge >= 0.3 is 12.0 Å². The molecule has 8 nitrogen and oxygen atoms in total. The highest BCUT2D eigenvalue weighted by Crippen LogP contribution is 2.23. The number of carbonyl (C=O) groups excluding carboxylic acids is 3. The first-order chi connectivity index (χ1) is 13.0. The fourth-order valence-corrected chi connectivity index (χ4v) is 2.59. The topological polar surface area (TPSA) is 98.1 Å². The van der Waals surface area contributed by atoms with E-state index < -0.39 is 17.9 Å². The summed E-state index contributed by atoms with van der Waals surface area (Å²) in [4.78, 5) is 37.2. The summed E-state index contributed by atoms with van der Waals surface area (Å²) in [5.41, 5.74) is 0.808. The number of furan rings is 1. The molecular weight excluding hydrogens is 352 g/mol. The van der Waals surface area contributed by atoms with E-state index in [0.29, 0.717) is 17.9 Å². The molecule has 1 aliphatic heterocycles. The maximum Gasteiger partial charge on any atom is 0.373 e. The molecule has 0 spiro atoms. The van der Waals surface area contributed by atoms with E-state index in [1.165, 1.54) is 19.2 Å². The van der Waals surface area contributed by atoms with Gasteiger partial charge in [-0.1, -0.05) is 18.2 Å². The van der Waals surface area contributed by atoms with E-state index >= 15 is 0 Å². The molecule has 1 N–H and O–H groups in total. The van der Waals surface area contributed by atoms with Crippen LogP contribution >= 0.6 is 0 Å². The summed E-state index contributed by atoms with van der Waals surface area (Å²) in [7, 11) is 1.24. The van der Waals surface area contributed by atoms with Crippen LogP contribution in [0, 0.1) is 0 Å². The van der Waals surface area contributed by atoms with Crippen molar-refractivity contribution < 1.29 is 28.3 Å². The van der Waals surface area contributed by atoms with Crippen LogP contribution in [0.3, 0.4) is 0 Å². The lowest BCUT2D eigenvalue weighted by molar-refractivity contribution is -0.123. The van der Waals surface area contributed by atoms with E-state index in [1.54, 1.807) is 18.2 Å². The second kappa shape index (κ2) is 7.77. The average molecular weight is 370 g/mol. The van der Waals surface area contributed by atoms with E-state index in [2.05, 4.69) is 10.1 Å². The highest BCUT2D eigenvalue weighted by Gasteiger charge is 2.34. The summed E-state index contributed by atoms with van der Waals surface area (Å²) in [5, 5.41) is 2.54. The third-order valence-electron chi connectivity index (χ3n) is 3.84. The molecule has 0 unspecified atom stereocenters. The molecule has 1 aromatic heterocycles. The van der Waals surface area contributed by atoms with Crippen LogP contribution in [-0.2, 0) is 16.1 Å². The summed E-state index contributed by atoms with van der Waals surface area (Å²) in [6.07, 6.45) is 1.56. The van der Waals surface area contributed by atoms with Gasteiger partial charge < -0.3 is 19.2 Å². The zero-order valence-electron chi connectivity index (χ0n) is 14.9. The number of amides is 3. The Morgan fingerprint density at radius 3 is 2.74 bits per heavy atom. The van der Waals surface area contributed by atoms with Gasteiger partial charge in [-0.25, -0.2) is 9.59 Å². The van der Waals surface area contributed by atoms with Crippen LogP contribution in [0.15, 0.2) is 46.5 Å². The monoisotopic (exact) mass is 370 g/mol. The predicted octanol–water partition coefficient (Wildman–Crippen LogP) is 2.56. The van der Waals surface area contributed by atoms with E-state index in [9.17, 15) is 14.4 Å². The zero-order valence-corrected chi connectivity index (χ0v) is 14.9. The summed E-state index contributed by atoms with van der Waals surface area (Å²) in [6.45, 7) is 2.24. The van der Waals surface area contributed by atoms with Gasteiger partial charge in [0.2, 0.25) is 5.76 Å². The maximum absolute atomic E-state index is 12.6. The molecular formula is C19H18N2O6. The lowest BCUT2D eigenvalue weighted by Gasteiger charge is -2.09. The number of hydrogen-bond donors (Lipinski definition) is 1. The molecule has 0 bridgehead atoms. The Morgan fingerprint density at radius 2 is 2.00 bits per heavy atom. The van der Waals surface area contributed by atoms with Gasteiger partial charge in [-0.2, -0.15) is 0 Å². The molecule has 1 aromatic carbocycles. The number of benzene rings is 1. The van der Waals surface area contributed by atoms with Crippen molar-refractivity contribution in [2.24, 2.45) is 0 Å². The molecule has 140 valence electrons. The van der Waals surface area contributed by atoms with Crippen LogP contribution in [0.4, 0.5) is 4.79 Å². The summed E-state index contributed by atoms with van der Waals surface area (Å²) in [6, 6.07) is 9.57. The van der Waals surface area contributed by atoms with Gasteiger partial charge in [0, 0.05) is 5.56 Å². The smallest absolute Gasteiger partial charge is 0.373 e. The second-order valence-corrected chi connectivity index (χ2v) is 5.61. The minimum Gasteiger partial charge on any atom is -0.493 e. The van der Waals surface area contributed by atoms with Gasteiger partial charge in [0.1, 0.15) is 17.2 Å². The van der Waals surface area contributed by atoms with Crippen molar-refractivity contribution in [1.29, 1.82) is 0 Å². The number of nitrogens with one attached hydrogen (secondary N) is 1. The molecule has 8 heteroatoms. The normalized spacial score (nSPS) is 15.2. The van der Waals surface area contributed by atoms with Gasteiger partial charge in [0.15, 0.2) is 0 Å². The number of esters is 1. The largest absolute Gasteiger partial charge is 0.493 e. The van der Waals surface area contributed by atoms with Gasteiger partial charge in [-0.15, -0.1) is 0 Å². The molecule has 2 aromatic rings. The Bertz CT molecular complexity index is 914. The number of imide groups is 1. The van der Waals surface area contributed by atoms with Crippen LogP contribution in [0.2, 0.25) is 0 Å². The van der Waals surface area contributed by atoms with E-state index in [1.807, 2.05) is 19.1 Å². The predicted molar refractivity (Wildman–Crippen MR) is 94.7 cm³/mol. The summed E-state index contributed by atoms with van der Waals surface area (Å²) >= 11 is 0. The van der Waals surface area contributed by atoms with E-state index in [4.69, 9.17) is 9.15 Å². The number of urea groups is 1. The van der Waals surface area contributed by atoms with Gasteiger partial charge in [-0.05, 0) is 31.2 Å². The Balaban J connectivity index is 1.79. The number of hydrogen-bond acceptors (Lipinski definition) is 6. The SMILES string of the molecule is CCOc1ccccc1C=C1NC(=O)N(Cc2ccc(C(=O)OC)o2)C1=O. The third-order valence-corrected chi connectivity index (χ3v) is 3.84. The summed E-state index contributed by atoms with van der Waals surface area (Å²) < 4.78 is 15.4. The fraction of sp³-hybridized carbons (Fsp3) is 0.211. The number of rotatable bonds is 6. The standard InChI is InChI=1S/C19H18N2O6/c1-3-26-15-7-5-4-6-12(15)10-14-17(22)21(19(24)20-14)11-13-8-9-16(27-13)18(23)25-2/h4-10H,3,11H2,1-2H3,(H,20,24). The van der Waals surface area contributed by atoms with Crippen molar-refractivity contribution in [3.05, 3.63) is 59.2 Å². The Hall–Kier alpha value is -3.55. The molecule has 1 aliphatic rings. The van der Waals surface area contributed by atoms with Crippen LogP contribution in [0.5, 0.6) is 5.75 Å². The molecule has 27 heavy (non-hydrogen) atoms. The molecule has 0 aliphatic carbocycles. The third kappa shape index (κ3) is 3.84. The molecule has 0 saturated carbocycles. The number of methoxy groups -OCH3 is 1. The lowest BCUT2D eigenvalue weighted by atomic mass is 10.1. The fourth-order valence-electron chi connectivity index (χ4n) is 2.59. The molecule has 3 amide bonds. The first kappa shape index (κ1) is 18.2. The molecule has 1 saturated heterocycles. The number of ether oxygens (including phenoxy) is 2. The molecule has 0 atom stereocenters. The second-order valence-electron chi connectivity index (χ2n) is 5.61.